The maximum absolute atomic E-state index is 13.0. The number of phenolic OH excluding ortho intramolecular Hbond substituents is 1. The highest BCUT2D eigenvalue weighted by Gasteiger charge is 2.10. The molecule has 3 aromatic carbocycles. The predicted octanol–water partition coefficient (Wildman–Crippen LogP) is 5.62. The Labute approximate surface area is 192 Å². The van der Waals surface area contributed by atoms with Gasteiger partial charge in [0, 0.05) is 12.2 Å². The molecule has 0 spiro atoms. The number of rotatable bonds is 7. The number of halogens is 1. The molecule has 164 valence electrons. The van der Waals surface area contributed by atoms with Crippen LogP contribution in [0.25, 0.3) is 23.3 Å². The largest absolute Gasteiger partial charge is 0.508 e. The standard InChI is InChI=1S/C28H23FN2O2/c29-23-13-14-24(30-19-23)17-28(33)31-18-22-6-2-4-8-27(22)26-7-3-1-5-21(26)12-9-20-10-15-25(32)16-11-20/h1-16,19,32H,17-18H2,(H,31,33)/b12-9+. The van der Waals surface area contributed by atoms with Gasteiger partial charge < -0.3 is 10.4 Å². The second-order valence-corrected chi connectivity index (χ2v) is 7.59. The van der Waals surface area contributed by atoms with E-state index in [2.05, 4.69) is 16.4 Å². The van der Waals surface area contributed by atoms with Gasteiger partial charge in [0.05, 0.1) is 12.6 Å². The number of aromatic hydroxyl groups is 1. The molecule has 1 heterocycles. The first kappa shape index (κ1) is 22.0. The van der Waals surface area contributed by atoms with Crippen molar-refractivity contribution in [3.63, 3.8) is 0 Å². The van der Waals surface area contributed by atoms with Crippen molar-refractivity contribution < 1.29 is 14.3 Å². The summed E-state index contributed by atoms with van der Waals surface area (Å²) < 4.78 is 13.0. The lowest BCUT2D eigenvalue weighted by atomic mass is 9.94. The molecule has 0 radical (unpaired) electrons. The van der Waals surface area contributed by atoms with Crippen LogP contribution < -0.4 is 5.32 Å². The van der Waals surface area contributed by atoms with Gasteiger partial charge in [0.15, 0.2) is 0 Å². The van der Waals surface area contributed by atoms with Gasteiger partial charge in [0.2, 0.25) is 5.91 Å². The first-order chi connectivity index (χ1) is 16.1. The van der Waals surface area contributed by atoms with Gasteiger partial charge in [-0.15, -0.1) is 0 Å². The average molecular weight is 439 g/mol. The lowest BCUT2D eigenvalue weighted by molar-refractivity contribution is -0.120. The van der Waals surface area contributed by atoms with Gasteiger partial charge >= 0.3 is 0 Å². The third kappa shape index (κ3) is 5.92. The molecule has 1 amide bonds. The summed E-state index contributed by atoms with van der Waals surface area (Å²) in [7, 11) is 0. The molecule has 0 atom stereocenters. The van der Waals surface area contributed by atoms with E-state index in [1.165, 1.54) is 12.1 Å². The zero-order chi connectivity index (χ0) is 23.0. The number of carbonyl (C=O) groups excluding carboxylic acids is 1. The van der Waals surface area contributed by atoms with E-state index in [4.69, 9.17) is 0 Å². The van der Waals surface area contributed by atoms with Gasteiger partial charge in [0.25, 0.3) is 0 Å². The Hall–Kier alpha value is -4.25. The number of hydrogen-bond acceptors (Lipinski definition) is 3. The van der Waals surface area contributed by atoms with E-state index in [0.717, 1.165) is 34.0 Å². The number of hydrogen-bond donors (Lipinski definition) is 2. The number of amides is 1. The van der Waals surface area contributed by atoms with E-state index in [-0.39, 0.29) is 18.1 Å². The maximum atomic E-state index is 13.0. The van der Waals surface area contributed by atoms with E-state index in [9.17, 15) is 14.3 Å². The topological polar surface area (TPSA) is 62.2 Å². The molecule has 0 bridgehead atoms. The summed E-state index contributed by atoms with van der Waals surface area (Å²) in [6.07, 6.45) is 5.24. The molecule has 0 aliphatic heterocycles. The zero-order valence-corrected chi connectivity index (χ0v) is 17.9. The van der Waals surface area contributed by atoms with Crippen LogP contribution in [-0.2, 0) is 17.8 Å². The zero-order valence-electron chi connectivity index (χ0n) is 17.9. The van der Waals surface area contributed by atoms with Gasteiger partial charge in [-0.3, -0.25) is 9.78 Å². The average Bonchev–Trinajstić information content (AvgIpc) is 2.84. The number of benzene rings is 3. The molecular formula is C28H23FN2O2. The summed E-state index contributed by atoms with van der Waals surface area (Å²) >= 11 is 0. The van der Waals surface area contributed by atoms with Gasteiger partial charge in [-0.25, -0.2) is 4.39 Å². The Morgan fingerprint density at radius 3 is 2.36 bits per heavy atom. The monoisotopic (exact) mass is 438 g/mol. The van der Waals surface area contributed by atoms with Crippen LogP contribution >= 0.6 is 0 Å². The molecule has 33 heavy (non-hydrogen) atoms. The first-order valence-electron chi connectivity index (χ1n) is 10.6. The second kappa shape index (κ2) is 10.4. The Kier molecular flexibility index (Phi) is 6.90. The van der Waals surface area contributed by atoms with Crippen molar-refractivity contribution in [3.8, 4) is 16.9 Å². The van der Waals surface area contributed by atoms with Crippen LogP contribution in [0.3, 0.4) is 0 Å². The number of nitrogens with zero attached hydrogens (tertiary/aromatic N) is 1. The molecule has 0 saturated heterocycles. The van der Waals surface area contributed by atoms with Crippen LogP contribution in [0.2, 0.25) is 0 Å². The van der Waals surface area contributed by atoms with Crippen LogP contribution in [0.1, 0.15) is 22.4 Å². The molecule has 1 aromatic heterocycles. The van der Waals surface area contributed by atoms with Crippen LogP contribution in [0.15, 0.2) is 91.1 Å². The molecule has 0 unspecified atom stereocenters. The molecular weight excluding hydrogens is 415 g/mol. The smallest absolute Gasteiger partial charge is 0.226 e. The Balaban J connectivity index is 1.52. The highest BCUT2D eigenvalue weighted by molar-refractivity contribution is 5.83. The molecule has 4 nitrogen and oxygen atoms in total. The number of carbonyl (C=O) groups is 1. The quantitative estimate of drug-likeness (QED) is 0.368. The van der Waals surface area contributed by atoms with Gasteiger partial charge in [-0.1, -0.05) is 72.8 Å². The first-order valence-corrected chi connectivity index (χ1v) is 10.6. The van der Waals surface area contributed by atoms with Crippen molar-refractivity contribution in [1.82, 2.24) is 10.3 Å². The van der Waals surface area contributed by atoms with Crippen molar-refractivity contribution in [3.05, 3.63) is 119 Å². The van der Waals surface area contributed by atoms with Crippen LogP contribution in [-0.4, -0.2) is 16.0 Å². The number of aromatic nitrogens is 1. The number of pyridine rings is 1. The van der Waals surface area contributed by atoms with E-state index in [1.807, 2.05) is 66.7 Å². The minimum atomic E-state index is -0.425. The van der Waals surface area contributed by atoms with E-state index in [1.54, 1.807) is 12.1 Å². The SMILES string of the molecule is O=C(Cc1ccc(F)cn1)NCc1ccccc1-c1ccccc1/C=C/c1ccc(O)cc1. The highest BCUT2D eigenvalue weighted by atomic mass is 19.1. The van der Waals surface area contributed by atoms with E-state index < -0.39 is 5.82 Å². The summed E-state index contributed by atoms with van der Waals surface area (Å²) in [4.78, 5) is 16.3. The van der Waals surface area contributed by atoms with Crippen molar-refractivity contribution >= 4 is 18.1 Å². The fourth-order valence-corrected chi connectivity index (χ4v) is 3.53. The minimum absolute atomic E-state index is 0.0917. The van der Waals surface area contributed by atoms with Crippen LogP contribution in [0, 0.1) is 5.82 Å². The van der Waals surface area contributed by atoms with E-state index in [0.29, 0.717) is 12.2 Å². The summed E-state index contributed by atoms with van der Waals surface area (Å²) in [6, 6.07) is 25.9. The molecule has 4 aromatic rings. The van der Waals surface area contributed by atoms with Crippen LogP contribution in [0.5, 0.6) is 5.75 Å². The number of phenols is 1. The lowest BCUT2D eigenvalue weighted by Gasteiger charge is -2.13. The Morgan fingerprint density at radius 2 is 1.61 bits per heavy atom. The minimum Gasteiger partial charge on any atom is -0.508 e. The Morgan fingerprint density at radius 1 is 0.879 bits per heavy atom. The predicted molar refractivity (Wildman–Crippen MR) is 129 cm³/mol. The van der Waals surface area contributed by atoms with Gasteiger partial charge in [-0.05, 0) is 52.1 Å². The molecule has 4 rings (SSSR count). The van der Waals surface area contributed by atoms with Crippen molar-refractivity contribution in [2.45, 2.75) is 13.0 Å². The molecule has 0 saturated carbocycles. The van der Waals surface area contributed by atoms with Crippen molar-refractivity contribution in [2.24, 2.45) is 0 Å². The summed E-state index contributed by atoms with van der Waals surface area (Å²) in [5.41, 5.74) is 5.62. The third-order valence-corrected chi connectivity index (χ3v) is 5.22. The fourth-order valence-electron chi connectivity index (χ4n) is 3.53. The molecule has 2 N–H and O–H groups in total. The summed E-state index contributed by atoms with van der Waals surface area (Å²) in [5, 5.41) is 12.4. The van der Waals surface area contributed by atoms with Gasteiger partial charge in [-0.2, -0.15) is 0 Å². The summed E-state index contributed by atoms with van der Waals surface area (Å²) in [6.45, 7) is 0.367. The molecule has 0 aliphatic rings. The molecule has 0 fully saturated rings. The lowest BCUT2D eigenvalue weighted by Crippen LogP contribution is -2.25. The number of nitrogens with one attached hydrogen (secondary N) is 1. The fraction of sp³-hybridized carbons (Fsp3) is 0.0714. The summed E-state index contributed by atoms with van der Waals surface area (Å²) in [5.74, 6) is -0.366. The van der Waals surface area contributed by atoms with Gasteiger partial charge in [0.1, 0.15) is 11.6 Å². The van der Waals surface area contributed by atoms with Crippen LogP contribution in [0.4, 0.5) is 4.39 Å². The maximum Gasteiger partial charge on any atom is 0.226 e. The highest BCUT2D eigenvalue weighted by Crippen LogP contribution is 2.28. The van der Waals surface area contributed by atoms with E-state index >= 15 is 0 Å². The van der Waals surface area contributed by atoms with Crippen molar-refractivity contribution in [2.75, 3.05) is 0 Å². The molecule has 5 heteroatoms. The normalized spacial score (nSPS) is 10.9. The van der Waals surface area contributed by atoms with Crippen molar-refractivity contribution in [1.29, 1.82) is 0 Å². The third-order valence-electron chi connectivity index (χ3n) is 5.22. The second-order valence-electron chi connectivity index (χ2n) is 7.59. The molecule has 0 aliphatic carbocycles. The Bertz CT molecular complexity index is 1270.